The Labute approximate surface area is 104 Å². The third-order valence-electron chi connectivity index (χ3n) is 3.05. The molecule has 0 bridgehead atoms. The van der Waals surface area contributed by atoms with E-state index in [0.717, 1.165) is 18.4 Å². The van der Waals surface area contributed by atoms with Crippen LogP contribution in [0.3, 0.4) is 0 Å². The standard InChI is InChI=1S/C14H14F2O2/c1-10(17)18-9-13(16)8-14(6-7-14)11-2-4-12(15)5-3-11/h2-5,8H,6-7,9H2,1H3/b13-8-. The lowest BCUT2D eigenvalue weighted by Crippen LogP contribution is -2.06. The van der Waals surface area contributed by atoms with Crippen molar-refractivity contribution in [2.24, 2.45) is 0 Å². The van der Waals surface area contributed by atoms with Gasteiger partial charge in [0.2, 0.25) is 0 Å². The van der Waals surface area contributed by atoms with Gasteiger partial charge < -0.3 is 4.74 Å². The van der Waals surface area contributed by atoms with Crippen molar-refractivity contribution in [2.45, 2.75) is 25.2 Å². The van der Waals surface area contributed by atoms with Gasteiger partial charge >= 0.3 is 5.97 Å². The second-order valence-corrected chi connectivity index (χ2v) is 4.53. The van der Waals surface area contributed by atoms with E-state index in [2.05, 4.69) is 4.74 Å². The molecule has 1 fully saturated rings. The molecule has 0 heterocycles. The molecule has 1 aromatic rings. The van der Waals surface area contributed by atoms with E-state index in [1.165, 1.54) is 25.1 Å². The van der Waals surface area contributed by atoms with E-state index in [4.69, 9.17) is 0 Å². The third-order valence-corrected chi connectivity index (χ3v) is 3.05. The lowest BCUT2D eigenvalue weighted by atomic mass is 9.95. The predicted molar refractivity (Wildman–Crippen MR) is 63.1 cm³/mol. The number of rotatable bonds is 4. The number of esters is 1. The Morgan fingerprint density at radius 3 is 2.50 bits per heavy atom. The van der Waals surface area contributed by atoms with Crippen molar-refractivity contribution >= 4 is 5.97 Å². The fourth-order valence-electron chi connectivity index (χ4n) is 1.94. The summed E-state index contributed by atoms with van der Waals surface area (Å²) in [5.74, 6) is -1.28. The Balaban J connectivity index is 2.10. The molecule has 0 aromatic heterocycles. The van der Waals surface area contributed by atoms with Crippen LogP contribution in [-0.4, -0.2) is 12.6 Å². The van der Waals surface area contributed by atoms with Crippen molar-refractivity contribution in [3.63, 3.8) is 0 Å². The van der Waals surface area contributed by atoms with Crippen molar-refractivity contribution in [1.82, 2.24) is 0 Å². The van der Waals surface area contributed by atoms with Crippen LogP contribution in [0.1, 0.15) is 25.3 Å². The molecule has 0 radical (unpaired) electrons. The smallest absolute Gasteiger partial charge is 0.303 e. The second kappa shape index (κ2) is 4.88. The van der Waals surface area contributed by atoms with E-state index in [9.17, 15) is 13.6 Å². The average molecular weight is 252 g/mol. The van der Waals surface area contributed by atoms with Crippen LogP contribution in [0.5, 0.6) is 0 Å². The van der Waals surface area contributed by atoms with Gasteiger partial charge in [0.1, 0.15) is 18.3 Å². The first kappa shape index (κ1) is 12.7. The van der Waals surface area contributed by atoms with Crippen LogP contribution in [0.25, 0.3) is 0 Å². The van der Waals surface area contributed by atoms with Crippen LogP contribution in [0.15, 0.2) is 36.2 Å². The molecule has 0 amide bonds. The summed E-state index contributed by atoms with van der Waals surface area (Å²) >= 11 is 0. The van der Waals surface area contributed by atoms with Gasteiger partial charge in [-0.1, -0.05) is 12.1 Å². The topological polar surface area (TPSA) is 26.3 Å². The molecule has 1 aliphatic rings. The fraction of sp³-hybridized carbons (Fsp3) is 0.357. The largest absolute Gasteiger partial charge is 0.459 e. The molecule has 0 N–H and O–H groups in total. The second-order valence-electron chi connectivity index (χ2n) is 4.53. The third kappa shape index (κ3) is 2.94. The minimum absolute atomic E-state index is 0.307. The van der Waals surface area contributed by atoms with Gasteiger partial charge in [0, 0.05) is 12.3 Å². The van der Waals surface area contributed by atoms with Gasteiger partial charge in [-0.2, -0.15) is 0 Å². The molecule has 2 nitrogen and oxygen atoms in total. The molecule has 1 aliphatic carbocycles. The lowest BCUT2D eigenvalue weighted by Gasteiger charge is -2.11. The van der Waals surface area contributed by atoms with E-state index in [-0.39, 0.29) is 17.8 Å². The minimum Gasteiger partial charge on any atom is -0.459 e. The summed E-state index contributed by atoms with van der Waals surface area (Å²) in [5, 5.41) is 0. The van der Waals surface area contributed by atoms with Gasteiger partial charge in [-0.3, -0.25) is 4.79 Å². The molecule has 18 heavy (non-hydrogen) atoms. The number of benzene rings is 1. The average Bonchev–Trinajstić information content (AvgIpc) is 3.08. The molecule has 0 saturated heterocycles. The monoisotopic (exact) mass is 252 g/mol. The summed E-state index contributed by atoms with van der Waals surface area (Å²) in [6, 6.07) is 6.07. The maximum Gasteiger partial charge on any atom is 0.303 e. The van der Waals surface area contributed by atoms with Gasteiger partial charge in [0.15, 0.2) is 0 Å². The molecule has 0 unspecified atom stereocenters. The van der Waals surface area contributed by atoms with Gasteiger partial charge in [-0.25, -0.2) is 8.78 Å². The van der Waals surface area contributed by atoms with Crippen LogP contribution in [0.2, 0.25) is 0 Å². The van der Waals surface area contributed by atoms with Gasteiger partial charge in [0.25, 0.3) is 0 Å². The minimum atomic E-state index is -0.509. The first-order valence-corrected chi connectivity index (χ1v) is 5.78. The Morgan fingerprint density at radius 1 is 1.39 bits per heavy atom. The Hall–Kier alpha value is -1.71. The molecule has 0 spiro atoms. The van der Waals surface area contributed by atoms with Crippen molar-refractivity contribution in [2.75, 3.05) is 6.61 Å². The lowest BCUT2D eigenvalue weighted by molar-refractivity contribution is -0.140. The summed E-state index contributed by atoms with van der Waals surface area (Å²) < 4.78 is 31.0. The van der Waals surface area contributed by atoms with E-state index in [0.29, 0.717) is 0 Å². The van der Waals surface area contributed by atoms with Crippen molar-refractivity contribution in [1.29, 1.82) is 0 Å². The van der Waals surface area contributed by atoms with Crippen LogP contribution in [0, 0.1) is 5.82 Å². The zero-order chi connectivity index (χ0) is 13.2. The Kier molecular flexibility index (Phi) is 3.45. The highest BCUT2D eigenvalue weighted by Crippen LogP contribution is 2.50. The normalized spacial score (nSPS) is 17.4. The van der Waals surface area contributed by atoms with E-state index >= 15 is 0 Å². The molecular weight excluding hydrogens is 238 g/mol. The summed E-state index contributed by atoms with van der Waals surface area (Å²) in [4.78, 5) is 10.6. The molecule has 1 saturated carbocycles. The van der Waals surface area contributed by atoms with Crippen LogP contribution < -0.4 is 0 Å². The van der Waals surface area contributed by atoms with Crippen LogP contribution >= 0.6 is 0 Å². The SMILES string of the molecule is CC(=O)OC/C(F)=C/C1(c2ccc(F)cc2)CC1. The summed E-state index contributed by atoms with van der Waals surface area (Å²) in [7, 11) is 0. The zero-order valence-electron chi connectivity index (χ0n) is 10.1. The number of halogens is 2. The molecular formula is C14H14F2O2. The molecule has 96 valence electrons. The van der Waals surface area contributed by atoms with Crippen molar-refractivity contribution in [3.8, 4) is 0 Å². The van der Waals surface area contributed by atoms with Crippen molar-refractivity contribution < 1.29 is 18.3 Å². The van der Waals surface area contributed by atoms with Crippen molar-refractivity contribution in [3.05, 3.63) is 47.5 Å². The fourth-order valence-corrected chi connectivity index (χ4v) is 1.94. The number of carbonyl (C=O) groups excluding carboxylic acids is 1. The maximum absolute atomic E-state index is 13.6. The van der Waals surface area contributed by atoms with E-state index in [1.54, 1.807) is 12.1 Å². The number of carbonyl (C=O) groups is 1. The molecule has 4 heteroatoms. The van der Waals surface area contributed by atoms with Gasteiger partial charge in [-0.15, -0.1) is 0 Å². The van der Waals surface area contributed by atoms with Crippen LogP contribution in [-0.2, 0) is 14.9 Å². The zero-order valence-corrected chi connectivity index (χ0v) is 10.1. The highest BCUT2D eigenvalue weighted by molar-refractivity contribution is 5.66. The molecule has 1 aromatic carbocycles. The van der Waals surface area contributed by atoms with Gasteiger partial charge in [0.05, 0.1) is 0 Å². The van der Waals surface area contributed by atoms with Crippen LogP contribution in [0.4, 0.5) is 8.78 Å². The highest BCUT2D eigenvalue weighted by Gasteiger charge is 2.42. The number of hydrogen-bond donors (Lipinski definition) is 0. The quantitative estimate of drug-likeness (QED) is 0.769. The van der Waals surface area contributed by atoms with Gasteiger partial charge in [-0.05, 0) is 36.6 Å². The predicted octanol–water partition coefficient (Wildman–Crippen LogP) is 3.27. The number of hydrogen-bond acceptors (Lipinski definition) is 2. The first-order valence-electron chi connectivity index (χ1n) is 5.78. The Morgan fingerprint density at radius 2 is 2.00 bits per heavy atom. The summed E-state index contributed by atoms with van der Waals surface area (Å²) in [6.07, 6.45) is 3.13. The Bertz CT molecular complexity index is 473. The first-order chi connectivity index (χ1) is 8.52. The molecule has 2 rings (SSSR count). The summed E-state index contributed by atoms with van der Waals surface area (Å²) in [6.45, 7) is 0.901. The van der Waals surface area contributed by atoms with E-state index < -0.39 is 11.8 Å². The molecule has 0 atom stereocenters. The summed E-state index contributed by atoms with van der Waals surface area (Å²) in [5.41, 5.74) is 0.541. The number of ether oxygens (including phenoxy) is 1. The number of allylic oxidation sites excluding steroid dienone is 1. The highest BCUT2D eigenvalue weighted by atomic mass is 19.1. The molecule has 0 aliphatic heterocycles. The van der Waals surface area contributed by atoms with E-state index in [1.807, 2.05) is 0 Å². The maximum atomic E-state index is 13.6.